The Morgan fingerprint density at radius 2 is 2.32 bits per heavy atom. The predicted octanol–water partition coefficient (Wildman–Crippen LogP) is 2.70. The van der Waals surface area contributed by atoms with Crippen LogP contribution < -0.4 is 5.56 Å². The van der Waals surface area contributed by atoms with Gasteiger partial charge in [-0.05, 0) is 18.4 Å². The van der Waals surface area contributed by atoms with Gasteiger partial charge in [-0.1, -0.05) is 38.3 Å². The molecule has 1 amide bonds. The lowest BCUT2D eigenvalue weighted by Gasteiger charge is -2.33. The van der Waals surface area contributed by atoms with Gasteiger partial charge in [0.05, 0.1) is 18.3 Å². The molecule has 0 aromatic carbocycles. The molecule has 2 rings (SSSR count). The molecule has 122 valence electrons. The van der Waals surface area contributed by atoms with E-state index in [1.165, 1.54) is 18.7 Å². The quantitative estimate of drug-likeness (QED) is 0.905. The Kier molecular flexibility index (Phi) is 6.03. The monoisotopic (exact) mass is 326 g/mol. The lowest BCUT2D eigenvalue weighted by molar-refractivity contribution is -0.0260. The molecule has 2 heterocycles. The van der Waals surface area contributed by atoms with Gasteiger partial charge in [0.25, 0.3) is 11.5 Å². The first-order valence-electron chi connectivity index (χ1n) is 7.76. The molecule has 22 heavy (non-hydrogen) atoms. The number of halogens is 1. The molecule has 0 bridgehead atoms. The summed E-state index contributed by atoms with van der Waals surface area (Å²) in [5.74, 6) is 0.569. The molecule has 0 radical (unpaired) electrons. The molecule has 1 aromatic rings. The van der Waals surface area contributed by atoms with Gasteiger partial charge in [0.1, 0.15) is 5.02 Å². The number of aromatic amines is 1. The third kappa shape index (κ3) is 4.58. The highest BCUT2D eigenvalue weighted by atomic mass is 35.5. The molecule has 0 aliphatic carbocycles. The van der Waals surface area contributed by atoms with E-state index < -0.39 is 0 Å². The first-order chi connectivity index (χ1) is 10.5. The largest absolute Gasteiger partial charge is 0.375 e. The SMILES string of the molecule is CC(C)CCCC1CN(C(=O)c2c[nH]c(=O)c(Cl)c2)CCO1. The van der Waals surface area contributed by atoms with Gasteiger partial charge in [-0.2, -0.15) is 0 Å². The Labute approximate surface area is 135 Å². The van der Waals surface area contributed by atoms with Gasteiger partial charge in [-0.25, -0.2) is 0 Å². The second-order valence-corrected chi connectivity index (χ2v) is 6.54. The number of hydrogen-bond acceptors (Lipinski definition) is 3. The smallest absolute Gasteiger partial charge is 0.266 e. The van der Waals surface area contributed by atoms with Crippen molar-refractivity contribution >= 4 is 17.5 Å². The molecule has 1 aromatic heterocycles. The van der Waals surface area contributed by atoms with Crippen LogP contribution in [0.1, 0.15) is 43.5 Å². The number of hydrogen-bond donors (Lipinski definition) is 1. The van der Waals surface area contributed by atoms with E-state index in [-0.39, 0.29) is 22.6 Å². The molecule has 1 atom stereocenters. The van der Waals surface area contributed by atoms with E-state index >= 15 is 0 Å². The highest BCUT2D eigenvalue weighted by molar-refractivity contribution is 6.30. The number of H-pyrrole nitrogens is 1. The van der Waals surface area contributed by atoms with Gasteiger partial charge in [0.15, 0.2) is 0 Å². The van der Waals surface area contributed by atoms with Crippen LogP contribution in [-0.2, 0) is 4.74 Å². The highest BCUT2D eigenvalue weighted by Gasteiger charge is 2.25. The van der Waals surface area contributed by atoms with Gasteiger partial charge in [-0.3, -0.25) is 9.59 Å². The van der Waals surface area contributed by atoms with E-state index in [4.69, 9.17) is 16.3 Å². The number of morpholine rings is 1. The van der Waals surface area contributed by atoms with E-state index in [0.717, 1.165) is 12.8 Å². The van der Waals surface area contributed by atoms with Crippen molar-refractivity contribution in [3.05, 3.63) is 33.2 Å². The normalized spacial score (nSPS) is 18.7. The molecular weight excluding hydrogens is 304 g/mol. The number of pyridine rings is 1. The molecule has 6 heteroatoms. The lowest BCUT2D eigenvalue weighted by Crippen LogP contribution is -2.45. The van der Waals surface area contributed by atoms with Crippen LogP contribution in [-0.4, -0.2) is 41.6 Å². The molecule has 1 fully saturated rings. The summed E-state index contributed by atoms with van der Waals surface area (Å²) < 4.78 is 5.74. The van der Waals surface area contributed by atoms with Crippen molar-refractivity contribution in [2.45, 2.75) is 39.2 Å². The van der Waals surface area contributed by atoms with E-state index in [2.05, 4.69) is 18.8 Å². The van der Waals surface area contributed by atoms with Gasteiger partial charge >= 0.3 is 0 Å². The van der Waals surface area contributed by atoms with Crippen LogP contribution >= 0.6 is 11.6 Å². The summed E-state index contributed by atoms with van der Waals surface area (Å²) in [4.78, 5) is 28.0. The van der Waals surface area contributed by atoms with Gasteiger partial charge in [-0.15, -0.1) is 0 Å². The standard InChI is InChI=1S/C16H23ClN2O3/c1-11(2)4-3-5-13-10-19(6-7-22-13)16(21)12-8-14(17)15(20)18-9-12/h8-9,11,13H,3-7,10H2,1-2H3,(H,18,20). The summed E-state index contributed by atoms with van der Waals surface area (Å²) >= 11 is 5.78. The van der Waals surface area contributed by atoms with E-state index in [1.807, 2.05) is 0 Å². The van der Waals surface area contributed by atoms with E-state index in [0.29, 0.717) is 31.2 Å². The Morgan fingerprint density at radius 1 is 1.55 bits per heavy atom. The van der Waals surface area contributed by atoms with Crippen LogP contribution in [0.2, 0.25) is 5.02 Å². The van der Waals surface area contributed by atoms with Crippen molar-refractivity contribution < 1.29 is 9.53 Å². The van der Waals surface area contributed by atoms with E-state index in [1.54, 1.807) is 4.90 Å². The molecule has 5 nitrogen and oxygen atoms in total. The molecule has 0 spiro atoms. The third-order valence-corrected chi connectivity index (χ3v) is 4.12. The Hall–Kier alpha value is -1.33. The lowest BCUT2D eigenvalue weighted by atomic mass is 10.0. The highest BCUT2D eigenvalue weighted by Crippen LogP contribution is 2.16. The molecule has 1 N–H and O–H groups in total. The molecule has 1 unspecified atom stereocenters. The number of carbonyl (C=O) groups excluding carboxylic acids is 1. The van der Waals surface area contributed by atoms with Gasteiger partial charge in [0, 0.05) is 19.3 Å². The number of ether oxygens (including phenoxy) is 1. The first kappa shape index (κ1) is 17.0. The maximum Gasteiger partial charge on any atom is 0.266 e. The van der Waals surface area contributed by atoms with Crippen molar-refractivity contribution in [2.24, 2.45) is 5.92 Å². The summed E-state index contributed by atoms with van der Waals surface area (Å²) in [5, 5.41) is 0.0348. The summed E-state index contributed by atoms with van der Waals surface area (Å²) in [7, 11) is 0. The molecular formula is C16H23ClN2O3. The number of nitrogens with zero attached hydrogens (tertiary/aromatic N) is 1. The molecule has 1 aliphatic rings. The number of rotatable bonds is 5. The van der Waals surface area contributed by atoms with Crippen LogP contribution in [0.15, 0.2) is 17.1 Å². The Morgan fingerprint density at radius 3 is 3.00 bits per heavy atom. The number of carbonyl (C=O) groups is 1. The average molecular weight is 327 g/mol. The molecule has 0 saturated carbocycles. The predicted molar refractivity (Wildman–Crippen MR) is 86.4 cm³/mol. The fraction of sp³-hybridized carbons (Fsp3) is 0.625. The van der Waals surface area contributed by atoms with Crippen LogP contribution in [0.25, 0.3) is 0 Å². The van der Waals surface area contributed by atoms with Crippen molar-refractivity contribution in [2.75, 3.05) is 19.7 Å². The first-order valence-corrected chi connectivity index (χ1v) is 8.14. The zero-order valence-electron chi connectivity index (χ0n) is 13.1. The fourth-order valence-corrected chi connectivity index (χ4v) is 2.77. The topological polar surface area (TPSA) is 62.4 Å². The Bertz CT molecular complexity index is 571. The van der Waals surface area contributed by atoms with Crippen LogP contribution in [0.5, 0.6) is 0 Å². The summed E-state index contributed by atoms with van der Waals surface area (Å²) in [6, 6.07) is 1.42. The zero-order chi connectivity index (χ0) is 16.1. The minimum absolute atomic E-state index is 0.0348. The van der Waals surface area contributed by atoms with Crippen molar-refractivity contribution in [3.8, 4) is 0 Å². The number of aromatic nitrogens is 1. The van der Waals surface area contributed by atoms with Crippen LogP contribution in [0.4, 0.5) is 0 Å². The summed E-state index contributed by atoms with van der Waals surface area (Å²) in [6.45, 7) is 6.12. The maximum absolute atomic E-state index is 12.5. The summed E-state index contributed by atoms with van der Waals surface area (Å²) in [6.07, 6.45) is 4.75. The second-order valence-electron chi connectivity index (χ2n) is 6.13. The van der Waals surface area contributed by atoms with Gasteiger partial charge < -0.3 is 14.6 Å². The van der Waals surface area contributed by atoms with Crippen molar-refractivity contribution in [1.82, 2.24) is 9.88 Å². The van der Waals surface area contributed by atoms with Crippen LogP contribution in [0, 0.1) is 5.92 Å². The van der Waals surface area contributed by atoms with E-state index in [9.17, 15) is 9.59 Å². The minimum Gasteiger partial charge on any atom is -0.375 e. The number of nitrogens with one attached hydrogen (secondary N) is 1. The average Bonchev–Trinajstić information content (AvgIpc) is 2.49. The van der Waals surface area contributed by atoms with Gasteiger partial charge in [0.2, 0.25) is 0 Å². The number of amides is 1. The van der Waals surface area contributed by atoms with Crippen molar-refractivity contribution in [1.29, 1.82) is 0 Å². The maximum atomic E-state index is 12.5. The molecule has 1 saturated heterocycles. The van der Waals surface area contributed by atoms with Crippen molar-refractivity contribution in [3.63, 3.8) is 0 Å². The third-order valence-electron chi connectivity index (χ3n) is 3.84. The summed E-state index contributed by atoms with van der Waals surface area (Å²) in [5.41, 5.74) is 0.0270. The zero-order valence-corrected chi connectivity index (χ0v) is 13.9. The molecule has 1 aliphatic heterocycles. The fourth-order valence-electron chi connectivity index (χ4n) is 2.59. The second kappa shape index (κ2) is 7.79. The minimum atomic E-state index is -0.383. The van der Waals surface area contributed by atoms with Crippen LogP contribution in [0.3, 0.4) is 0 Å². The Balaban J connectivity index is 1.94.